The van der Waals surface area contributed by atoms with Gasteiger partial charge < -0.3 is 4.74 Å². The van der Waals surface area contributed by atoms with E-state index in [1.54, 1.807) is 43.3 Å². The molecule has 0 saturated carbocycles. The van der Waals surface area contributed by atoms with E-state index in [9.17, 15) is 4.79 Å². The summed E-state index contributed by atoms with van der Waals surface area (Å²) < 4.78 is 6.51. The fraction of sp³-hybridized carbons (Fsp3) is 0.125. The summed E-state index contributed by atoms with van der Waals surface area (Å²) in [5, 5.41) is 9.00. The minimum absolute atomic E-state index is 0.120. The molecule has 0 saturated heterocycles. The second-order valence-electron chi connectivity index (χ2n) is 4.24. The van der Waals surface area contributed by atoms with E-state index in [-0.39, 0.29) is 5.78 Å². The van der Waals surface area contributed by atoms with Crippen molar-refractivity contribution in [3.05, 3.63) is 64.1 Å². The normalized spacial score (nSPS) is 11.4. The zero-order valence-corrected chi connectivity index (χ0v) is 12.4. The Morgan fingerprint density at radius 1 is 1.20 bits per heavy atom. The van der Waals surface area contributed by atoms with Crippen molar-refractivity contribution in [3.63, 3.8) is 0 Å². The van der Waals surface area contributed by atoms with Crippen molar-refractivity contribution in [2.45, 2.75) is 13.0 Å². The van der Waals surface area contributed by atoms with Gasteiger partial charge in [-0.3, -0.25) is 4.79 Å². The van der Waals surface area contributed by atoms with E-state index in [0.717, 1.165) is 4.47 Å². The number of para-hydroxylation sites is 1. The number of carbonyl (C=O) groups excluding carboxylic acids is 1. The predicted molar refractivity (Wildman–Crippen MR) is 79.7 cm³/mol. The average molecular weight is 330 g/mol. The average Bonchev–Trinajstić information content (AvgIpc) is 2.48. The van der Waals surface area contributed by atoms with Crippen LogP contribution >= 0.6 is 15.9 Å². The fourth-order valence-electron chi connectivity index (χ4n) is 1.75. The molecular formula is C16H12BrNO2. The van der Waals surface area contributed by atoms with Crippen molar-refractivity contribution in [3.8, 4) is 11.8 Å². The van der Waals surface area contributed by atoms with Gasteiger partial charge in [0.25, 0.3) is 0 Å². The largest absolute Gasteiger partial charge is 0.481 e. The Labute approximate surface area is 125 Å². The number of rotatable bonds is 4. The number of hydrogen-bond donors (Lipinski definition) is 0. The molecule has 0 fully saturated rings. The van der Waals surface area contributed by atoms with Gasteiger partial charge in [0.05, 0.1) is 5.56 Å². The Balaban J connectivity index is 2.16. The standard InChI is InChI=1S/C16H12BrNO2/c1-11(16(19)12-6-8-14(17)9-7-12)20-15-5-3-2-4-13(15)10-18/h2-9,11H,1H3. The molecule has 0 aliphatic carbocycles. The topological polar surface area (TPSA) is 50.1 Å². The molecule has 1 atom stereocenters. The first kappa shape index (κ1) is 14.3. The maximum atomic E-state index is 12.2. The Morgan fingerprint density at radius 2 is 1.85 bits per heavy atom. The number of hydrogen-bond acceptors (Lipinski definition) is 3. The number of nitriles is 1. The quantitative estimate of drug-likeness (QED) is 0.797. The van der Waals surface area contributed by atoms with Gasteiger partial charge in [-0.25, -0.2) is 0 Å². The molecule has 0 bridgehead atoms. The predicted octanol–water partition coefficient (Wildman–Crippen LogP) is 3.97. The van der Waals surface area contributed by atoms with Crippen molar-refractivity contribution in [1.29, 1.82) is 5.26 Å². The fourth-order valence-corrected chi connectivity index (χ4v) is 2.02. The van der Waals surface area contributed by atoms with Crippen molar-refractivity contribution < 1.29 is 9.53 Å². The lowest BCUT2D eigenvalue weighted by atomic mass is 10.1. The number of ketones is 1. The van der Waals surface area contributed by atoms with Crippen LogP contribution in [0.1, 0.15) is 22.8 Å². The molecule has 20 heavy (non-hydrogen) atoms. The Bertz CT molecular complexity index is 659. The van der Waals surface area contributed by atoms with E-state index in [2.05, 4.69) is 15.9 Å². The molecular weight excluding hydrogens is 318 g/mol. The minimum Gasteiger partial charge on any atom is -0.481 e. The van der Waals surface area contributed by atoms with Gasteiger partial charge in [-0.1, -0.05) is 40.2 Å². The van der Waals surface area contributed by atoms with E-state index in [1.165, 1.54) is 0 Å². The Morgan fingerprint density at radius 3 is 2.50 bits per heavy atom. The van der Waals surface area contributed by atoms with Gasteiger partial charge in [0.1, 0.15) is 11.8 Å². The molecule has 3 nitrogen and oxygen atoms in total. The SMILES string of the molecule is CC(Oc1ccccc1C#N)C(=O)c1ccc(Br)cc1. The number of Topliss-reactive ketones (excluding diaryl/α,β-unsaturated/α-hetero) is 1. The molecule has 0 heterocycles. The summed E-state index contributed by atoms with van der Waals surface area (Å²) in [5.74, 6) is 0.304. The molecule has 4 heteroatoms. The third-order valence-corrected chi connectivity index (χ3v) is 3.34. The van der Waals surface area contributed by atoms with Gasteiger partial charge in [-0.05, 0) is 31.2 Å². The van der Waals surface area contributed by atoms with Crippen LogP contribution in [0, 0.1) is 11.3 Å². The van der Waals surface area contributed by atoms with Crippen LogP contribution in [0.2, 0.25) is 0 Å². The summed E-state index contributed by atoms with van der Waals surface area (Å²) in [6.45, 7) is 1.68. The molecule has 0 spiro atoms. The third kappa shape index (κ3) is 3.25. The lowest BCUT2D eigenvalue weighted by Gasteiger charge is -2.14. The van der Waals surface area contributed by atoms with Gasteiger partial charge in [0.2, 0.25) is 5.78 Å². The van der Waals surface area contributed by atoms with Crippen LogP contribution < -0.4 is 4.74 Å². The molecule has 0 aromatic heterocycles. The number of halogens is 1. The lowest BCUT2D eigenvalue weighted by molar-refractivity contribution is 0.0817. The highest BCUT2D eigenvalue weighted by molar-refractivity contribution is 9.10. The van der Waals surface area contributed by atoms with Crippen LogP contribution in [0.25, 0.3) is 0 Å². The molecule has 2 aromatic rings. The highest BCUT2D eigenvalue weighted by Crippen LogP contribution is 2.20. The molecule has 2 rings (SSSR count). The first-order valence-corrected chi connectivity index (χ1v) is 6.86. The van der Waals surface area contributed by atoms with Crippen LogP contribution in [0.5, 0.6) is 5.75 Å². The highest BCUT2D eigenvalue weighted by atomic mass is 79.9. The maximum Gasteiger partial charge on any atom is 0.202 e. The van der Waals surface area contributed by atoms with Gasteiger partial charge in [0.15, 0.2) is 6.10 Å². The van der Waals surface area contributed by atoms with E-state index in [0.29, 0.717) is 16.9 Å². The number of nitrogens with zero attached hydrogens (tertiary/aromatic N) is 1. The van der Waals surface area contributed by atoms with Crippen molar-refractivity contribution in [1.82, 2.24) is 0 Å². The minimum atomic E-state index is -0.648. The van der Waals surface area contributed by atoms with Crippen LogP contribution in [-0.4, -0.2) is 11.9 Å². The smallest absolute Gasteiger partial charge is 0.202 e. The molecule has 0 N–H and O–H groups in total. The van der Waals surface area contributed by atoms with Crippen LogP contribution in [-0.2, 0) is 0 Å². The van der Waals surface area contributed by atoms with Crippen molar-refractivity contribution in [2.24, 2.45) is 0 Å². The van der Waals surface area contributed by atoms with Gasteiger partial charge >= 0.3 is 0 Å². The van der Waals surface area contributed by atoms with E-state index in [4.69, 9.17) is 10.00 Å². The second kappa shape index (κ2) is 6.36. The summed E-state index contributed by atoms with van der Waals surface area (Å²) in [4.78, 5) is 12.2. The van der Waals surface area contributed by atoms with Crippen LogP contribution in [0.15, 0.2) is 53.0 Å². The van der Waals surface area contributed by atoms with Crippen LogP contribution in [0.4, 0.5) is 0 Å². The Kier molecular flexibility index (Phi) is 4.54. The van der Waals surface area contributed by atoms with E-state index < -0.39 is 6.10 Å². The number of benzene rings is 2. The maximum absolute atomic E-state index is 12.2. The second-order valence-corrected chi connectivity index (χ2v) is 5.15. The van der Waals surface area contributed by atoms with Gasteiger partial charge in [-0.15, -0.1) is 0 Å². The summed E-state index contributed by atoms with van der Waals surface area (Å²) in [5.41, 5.74) is 0.998. The highest BCUT2D eigenvalue weighted by Gasteiger charge is 2.18. The first-order valence-electron chi connectivity index (χ1n) is 6.07. The monoisotopic (exact) mass is 329 g/mol. The van der Waals surface area contributed by atoms with Crippen molar-refractivity contribution >= 4 is 21.7 Å². The molecule has 0 amide bonds. The Hall–Kier alpha value is -2.12. The molecule has 1 unspecified atom stereocenters. The molecule has 100 valence electrons. The zero-order valence-electron chi connectivity index (χ0n) is 10.8. The first-order chi connectivity index (χ1) is 9.61. The summed E-state index contributed by atoms with van der Waals surface area (Å²) >= 11 is 3.33. The molecule has 2 aromatic carbocycles. The van der Waals surface area contributed by atoms with E-state index in [1.807, 2.05) is 18.2 Å². The van der Waals surface area contributed by atoms with Gasteiger partial charge in [0, 0.05) is 10.0 Å². The third-order valence-electron chi connectivity index (χ3n) is 2.81. The number of ether oxygens (including phenoxy) is 1. The molecule has 0 aliphatic rings. The summed E-state index contributed by atoms with van der Waals surface area (Å²) in [7, 11) is 0. The van der Waals surface area contributed by atoms with Crippen LogP contribution in [0.3, 0.4) is 0 Å². The lowest BCUT2D eigenvalue weighted by Crippen LogP contribution is -2.24. The van der Waals surface area contributed by atoms with Crippen molar-refractivity contribution in [2.75, 3.05) is 0 Å². The summed E-state index contributed by atoms with van der Waals surface area (Å²) in [6, 6.07) is 16.0. The zero-order chi connectivity index (χ0) is 14.5. The summed E-state index contributed by atoms with van der Waals surface area (Å²) in [6.07, 6.45) is -0.648. The molecule has 0 radical (unpaired) electrons. The number of carbonyl (C=O) groups is 1. The van der Waals surface area contributed by atoms with E-state index >= 15 is 0 Å². The van der Waals surface area contributed by atoms with Gasteiger partial charge in [-0.2, -0.15) is 5.26 Å². The molecule has 0 aliphatic heterocycles.